The summed E-state index contributed by atoms with van der Waals surface area (Å²) >= 11 is 6.36. The van der Waals surface area contributed by atoms with Crippen LogP contribution in [0.25, 0.3) is 6.08 Å². The van der Waals surface area contributed by atoms with Crippen LogP contribution in [-0.4, -0.2) is 21.7 Å². The molecular formula is C18H18ClFN4O. The van der Waals surface area contributed by atoms with E-state index in [1.165, 1.54) is 18.2 Å². The first-order valence-electron chi connectivity index (χ1n) is 7.71. The van der Waals surface area contributed by atoms with Gasteiger partial charge in [0.1, 0.15) is 22.6 Å². The van der Waals surface area contributed by atoms with Gasteiger partial charge in [0.05, 0.1) is 12.2 Å². The molecule has 0 radical (unpaired) electrons. The molecule has 1 amide bonds. The number of carbonyl (C=O) groups excluding carboxylic acids is 1. The topological polar surface area (TPSA) is 70.7 Å². The predicted octanol–water partition coefficient (Wildman–Crippen LogP) is 3.46. The van der Waals surface area contributed by atoms with Crippen molar-refractivity contribution in [1.29, 1.82) is 5.26 Å². The minimum absolute atomic E-state index is 0.0416. The summed E-state index contributed by atoms with van der Waals surface area (Å²) in [6, 6.07) is 7.83. The van der Waals surface area contributed by atoms with Crippen LogP contribution in [0.2, 0.25) is 5.15 Å². The molecule has 0 atom stereocenters. The molecule has 0 saturated carbocycles. The Morgan fingerprint density at radius 1 is 1.44 bits per heavy atom. The maximum Gasteiger partial charge on any atom is 0.262 e. The molecule has 130 valence electrons. The number of amides is 1. The van der Waals surface area contributed by atoms with Gasteiger partial charge in [0.15, 0.2) is 0 Å². The van der Waals surface area contributed by atoms with E-state index in [0.717, 1.165) is 5.56 Å². The highest BCUT2D eigenvalue weighted by atomic mass is 35.5. The van der Waals surface area contributed by atoms with E-state index in [0.29, 0.717) is 23.0 Å². The maximum atomic E-state index is 13.0. The fourth-order valence-corrected chi connectivity index (χ4v) is 2.52. The SMILES string of the molecule is Cc1nn(Cc2ccc(F)cc2)c(Cl)c1/C=C(\C#N)C(=O)NC(C)C. The average Bonchev–Trinajstić information content (AvgIpc) is 2.80. The van der Waals surface area contributed by atoms with E-state index < -0.39 is 5.91 Å². The van der Waals surface area contributed by atoms with Crippen LogP contribution in [0.1, 0.15) is 30.7 Å². The van der Waals surface area contributed by atoms with Gasteiger partial charge in [-0.05, 0) is 44.5 Å². The molecule has 0 aliphatic rings. The van der Waals surface area contributed by atoms with E-state index in [1.807, 2.05) is 19.9 Å². The number of rotatable bonds is 5. The van der Waals surface area contributed by atoms with Crippen molar-refractivity contribution in [2.75, 3.05) is 0 Å². The van der Waals surface area contributed by atoms with Gasteiger partial charge in [-0.1, -0.05) is 23.7 Å². The number of aryl methyl sites for hydroxylation is 1. The second kappa shape index (κ2) is 7.95. The van der Waals surface area contributed by atoms with Gasteiger partial charge in [-0.2, -0.15) is 10.4 Å². The molecule has 0 saturated heterocycles. The number of nitriles is 1. The first kappa shape index (κ1) is 18.7. The molecule has 25 heavy (non-hydrogen) atoms. The summed E-state index contributed by atoms with van der Waals surface area (Å²) < 4.78 is 14.5. The van der Waals surface area contributed by atoms with Gasteiger partial charge < -0.3 is 5.32 Å². The highest BCUT2D eigenvalue weighted by Gasteiger charge is 2.16. The summed E-state index contributed by atoms with van der Waals surface area (Å²) in [5, 5.41) is 16.6. The molecule has 1 N–H and O–H groups in total. The minimum atomic E-state index is -0.459. The lowest BCUT2D eigenvalue weighted by atomic mass is 10.1. The minimum Gasteiger partial charge on any atom is -0.349 e. The van der Waals surface area contributed by atoms with Crippen molar-refractivity contribution in [1.82, 2.24) is 15.1 Å². The molecule has 1 aromatic heterocycles. The number of hydrogen-bond donors (Lipinski definition) is 1. The largest absolute Gasteiger partial charge is 0.349 e. The molecule has 5 nitrogen and oxygen atoms in total. The van der Waals surface area contributed by atoms with Crippen molar-refractivity contribution in [2.45, 2.75) is 33.4 Å². The van der Waals surface area contributed by atoms with Crippen LogP contribution in [0, 0.1) is 24.1 Å². The first-order valence-corrected chi connectivity index (χ1v) is 8.09. The molecule has 7 heteroatoms. The molecular weight excluding hydrogens is 343 g/mol. The Bertz CT molecular complexity index is 847. The zero-order valence-electron chi connectivity index (χ0n) is 14.2. The van der Waals surface area contributed by atoms with Crippen molar-refractivity contribution in [3.05, 3.63) is 57.6 Å². The monoisotopic (exact) mass is 360 g/mol. The van der Waals surface area contributed by atoms with E-state index in [1.54, 1.807) is 23.7 Å². The van der Waals surface area contributed by atoms with Crippen LogP contribution >= 0.6 is 11.6 Å². The Labute approximate surface area is 150 Å². The normalized spacial score (nSPS) is 11.5. The van der Waals surface area contributed by atoms with Crippen LogP contribution in [0.5, 0.6) is 0 Å². The fourth-order valence-electron chi connectivity index (χ4n) is 2.23. The number of nitrogens with one attached hydrogen (secondary N) is 1. The Morgan fingerprint density at radius 2 is 2.08 bits per heavy atom. The molecule has 2 aromatic rings. The quantitative estimate of drug-likeness (QED) is 0.655. The summed E-state index contributed by atoms with van der Waals surface area (Å²) in [6.45, 7) is 5.72. The number of carbonyl (C=O) groups is 1. The van der Waals surface area contributed by atoms with Crippen LogP contribution in [0.3, 0.4) is 0 Å². The van der Waals surface area contributed by atoms with Crippen LogP contribution < -0.4 is 5.32 Å². The molecule has 0 aliphatic heterocycles. The van der Waals surface area contributed by atoms with E-state index >= 15 is 0 Å². The lowest BCUT2D eigenvalue weighted by Gasteiger charge is -2.07. The van der Waals surface area contributed by atoms with Gasteiger partial charge in [0.25, 0.3) is 5.91 Å². The summed E-state index contributed by atoms with van der Waals surface area (Å²) in [5.41, 5.74) is 1.90. The predicted molar refractivity (Wildman–Crippen MR) is 94.3 cm³/mol. The lowest BCUT2D eigenvalue weighted by Crippen LogP contribution is -2.30. The molecule has 0 unspecified atom stereocenters. The van der Waals surface area contributed by atoms with Crippen molar-refractivity contribution < 1.29 is 9.18 Å². The average molecular weight is 361 g/mol. The Hall–Kier alpha value is -2.65. The lowest BCUT2D eigenvalue weighted by molar-refractivity contribution is -0.117. The molecule has 0 spiro atoms. The third-order valence-electron chi connectivity index (χ3n) is 3.43. The van der Waals surface area contributed by atoms with Gasteiger partial charge in [0.2, 0.25) is 0 Å². The smallest absolute Gasteiger partial charge is 0.262 e. The summed E-state index contributed by atoms with van der Waals surface area (Å²) in [4.78, 5) is 12.0. The number of benzene rings is 1. The molecule has 1 heterocycles. The zero-order chi connectivity index (χ0) is 18.6. The first-order chi connectivity index (χ1) is 11.8. The van der Waals surface area contributed by atoms with E-state index in [2.05, 4.69) is 10.4 Å². The van der Waals surface area contributed by atoms with E-state index in [-0.39, 0.29) is 17.4 Å². The molecule has 2 rings (SSSR count). The summed E-state index contributed by atoms with van der Waals surface area (Å²) in [6.07, 6.45) is 1.43. The van der Waals surface area contributed by atoms with Crippen molar-refractivity contribution in [3.8, 4) is 6.07 Å². The van der Waals surface area contributed by atoms with Crippen molar-refractivity contribution in [2.24, 2.45) is 0 Å². The number of nitrogens with zero attached hydrogens (tertiary/aromatic N) is 3. The maximum absolute atomic E-state index is 13.0. The van der Waals surface area contributed by atoms with Crippen LogP contribution in [0.4, 0.5) is 4.39 Å². The van der Waals surface area contributed by atoms with Crippen molar-refractivity contribution >= 4 is 23.6 Å². The zero-order valence-corrected chi connectivity index (χ0v) is 14.9. The second-order valence-corrected chi connectivity index (χ2v) is 6.23. The third-order valence-corrected chi connectivity index (χ3v) is 3.83. The third kappa shape index (κ3) is 4.68. The molecule has 0 bridgehead atoms. The Balaban J connectivity index is 2.32. The number of hydrogen-bond acceptors (Lipinski definition) is 3. The van der Waals surface area contributed by atoms with Gasteiger partial charge >= 0.3 is 0 Å². The fraction of sp³-hybridized carbons (Fsp3) is 0.278. The second-order valence-electron chi connectivity index (χ2n) is 5.87. The standard InChI is InChI=1S/C18H18ClFN4O/c1-11(2)22-18(25)14(9-21)8-16-12(3)23-24(17(16)19)10-13-4-6-15(20)7-5-13/h4-8,11H,10H2,1-3H3,(H,22,25)/b14-8+. The highest BCUT2D eigenvalue weighted by Crippen LogP contribution is 2.23. The van der Waals surface area contributed by atoms with Gasteiger partial charge in [-0.25, -0.2) is 9.07 Å². The van der Waals surface area contributed by atoms with E-state index in [4.69, 9.17) is 11.6 Å². The Morgan fingerprint density at radius 3 is 2.64 bits per heavy atom. The van der Waals surface area contributed by atoms with Gasteiger partial charge in [-0.15, -0.1) is 0 Å². The highest BCUT2D eigenvalue weighted by molar-refractivity contribution is 6.31. The van der Waals surface area contributed by atoms with Gasteiger partial charge in [-0.3, -0.25) is 4.79 Å². The van der Waals surface area contributed by atoms with Crippen molar-refractivity contribution in [3.63, 3.8) is 0 Å². The molecule has 0 fully saturated rings. The van der Waals surface area contributed by atoms with Crippen LogP contribution in [-0.2, 0) is 11.3 Å². The van der Waals surface area contributed by atoms with Gasteiger partial charge in [0, 0.05) is 11.6 Å². The Kier molecular flexibility index (Phi) is 5.94. The number of halogens is 2. The van der Waals surface area contributed by atoms with E-state index in [9.17, 15) is 14.4 Å². The van der Waals surface area contributed by atoms with Crippen LogP contribution in [0.15, 0.2) is 29.8 Å². The summed E-state index contributed by atoms with van der Waals surface area (Å²) in [7, 11) is 0. The molecule has 1 aromatic carbocycles. The molecule has 0 aliphatic carbocycles. The number of aromatic nitrogens is 2. The summed E-state index contributed by atoms with van der Waals surface area (Å²) in [5.74, 6) is -0.774.